The van der Waals surface area contributed by atoms with Crippen LogP contribution >= 0.6 is 23.2 Å². The van der Waals surface area contributed by atoms with Crippen LogP contribution in [0.25, 0.3) is 22.2 Å². The van der Waals surface area contributed by atoms with E-state index in [4.69, 9.17) is 52.1 Å². The SMILES string of the molecule is COc1cc(OC)c(Cl)c(-c2cc3cnc(NC4CCCOC4)nc3c(NCC3CCOCC3)n2)c1Cl. The number of anilines is 2. The van der Waals surface area contributed by atoms with Crippen LogP contribution in [0.4, 0.5) is 11.8 Å². The highest BCUT2D eigenvalue weighted by atomic mass is 35.5. The lowest BCUT2D eigenvalue weighted by Crippen LogP contribution is -2.30. The fraction of sp³-hybridized carbons (Fsp3) is 0.500. The molecule has 37 heavy (non-hydrogen) atoms. The Balaban J connectivity index is 1.56. The number of halogens is 2. The average Bonchev–Trinajstić information content (AvgIpc) is 2.93. The van der Waals surface area contributed by atoms with Gasteiger partial charge in [0.05, 0.1) is 42.6 Å². The maximum atomic E-state index is 6.72. The van der Waals surface area contributed by atoms with E-state index in [-0.39, 0.29) is 6.04 Å². The van der Waals surface area contributed by atoms with Crippen molar-refractivity contribution in [2.45, 2.75) is 31.7 Å². The van der Waals surface area contributed by atoms with Crippen LogP contribution in [0.5, 0.6) is 11.5 Å². The highest BCUT2D eigenvalue weighted by Crippen LogP contribution is 2.46. The molecule has 2 fully saturated rings. The molecule has 4 heterocycles. The van der Waals surface area contributed by atoms with Gasteiger partial charge in [0.1, 0.15) is 17.0 Å². The first kappa shape index (κ1) is 26.0. The molecular weight excluding hydrogens is 517 g/mol. The number of fused-ring (bicyclic) bond motifs is 1. The van der Waals surface area contributed by atoms with Crippen LogP contribution in [-0.2, 0) is 9.47 Å². The highest BCUT2D eigenvalue weighted by Gasteiger charge is 2.23. The number of rotatable bonds is 8. The largest absolute Gasteiger partial charge is 0.495 e. The molecule has 9 nitrogen and oxygen atoms in total. The molecular formula is C26H31Cl2N5O4. The van der Waals surface area contributed by atoms with Gasteiger partial charge in [0.25, 0.3) is 0 Å². The van der Waals surface area contributed by atoms with Crippen molar-refractivity contribution in [1.82, 2.24) is 15.0 Å². The topological polar surface area (TPSA) is 99.7 Å². The van der Waals surface area contributed by atoms with Gasteiger partial charge in [0, 0.05) is 49.6 Å². The van der Waals surface area contributed by atoms with Gasteiger partial charge in [-0.2, -0.15) is 0 Å². The Morgan fingerprint density at radius 3 is 2.41 bits per heavy atom. The molecule has 198 valence electrons. The smallest absolute Gasteiger partial charge is 0.223 e. The van der Waals surface area contributed by atoms with Gasteiger partial charge in [0.2, 0.25) is 5.95 Å². The van der Waals surface area contributed by atoms with Gasteiger partial charge >= 0.3 is 0 Å². The number of aromatic nitrogens is 3. The van der Waals surface area contributed by atoms with E-state index in [0.717, 1.165) is 57.4 Å². The Morgan fingerprint density at radius 2 is 1.73 bits per heavy atom. The van der Waals surface area contributed by atoms with Crippen LogP contribution in [0.2, 0.25) is 10.0 Å². The molecule has 2 aliphatic heterocycles. The summed E-state index contributed by atoms with van der Waals surface area (Å²) < 4.78 is 22.1. The summed E-state index contributed by atoms with van der Waals surface area (Å²) in [5, 5.41) is 8.45. The van der Waals surface area contributed by atoms with Crippen molar-refractivity contribution in [3.63, 3.8) is 0 Å². The number of pyridine rings is 1. The van der Waals surface area contributed by atoms with Crippen molar-refractivity contribution in [2.24, 2.45) is 5.92 Å². The molecule has 3 aromatic rings. The molecule has 5 rings (SSSR count). The van der Waals surface area contributed by atoms with E-state index in [1.54, 1.807) is 26.5 Å². The van der Waals surface area contributed by atoms with Crippen LogP contribution in [0.1, 0.15) is 25.7 Å². The molecule has 0 spiro atoms. The molecule has 2 saturated heterocycles. The second kappa shape index (κ2) is 11.9. The number of ether oxygens (including phenoxy) is 4. The number of nitrogens with zero attached hydrogens (tertiary/aromatic N) is 3. The minimum Gasteiger partial charge on any atom is -0.495 e. The minimum atomic E-state index is 0.180. The van der Waals surface area contributed by atoms with Gasteiger partial charge < -0.3 is 29.6 Å². The third-order valence-electron chi connectivity index (χ3n) is 6.79. The van der Waals surface area contributed by atoms with E-state index in [2.05, 4.69) is 15.6 Å². The zero-order chi connectivity index (χ0) is 25.8. The van der Waals surface area contributed by atoms with Crippen molar-refractivity contribution in [3.05, 3.63) is 28.4 Å². The van der Waals surface area contributed by atoms with Crippen molar-refractivity contribution >= 4 is 45.9 Å². The van der Waals surface area contributed by atoms with E-state index in [0.29, 0.717) is 62.6 Å². The summed E-state index contributed by atoms with van der Waals surface area (Å²) in [6, 6.07) is 3.73. The predicted octanol–water partition coefficient (Wildman–Crippen LogP) is 5.45. The third-order valence-corrected chi connectivity index (χ3v) is 7.54. The van der Waals surface area contributed by atoms with Crippen molar-refractivity contribution in [1.29, 1.82) is 0 Å². The summed E-state index contributed by atoms with van der Waals surface area (Å²) in [7, 11) is 3.10. The van der Waals surface area contributed by atoms with E-state index in [1.165, 1.54) is 0 Å². The Hall–Kier alpha value is -2.59. The molecule has 0 amide bonds. The third kappa shape index (κ3) is 5.80. The van der Waals surface area contributed by atoms with Gasteiger partial charge in [-0.3, -0.25) is 0 Å². The lowest BCUT2D eigenvalue weighted by atomic mass is 10.0. The number of hydrogen-bond donors (Lipinski definition) is 2. The lowest BCUT2D eigenvalue weighted by molar-refractivity contribution is 0.0699. The first-order valence-corrected chi connectivity index (χ1v) is 13.3. The zero-order valence-corrected chi connectivity index (χ0v) is 22.5. The number of nitrogens with one attached hydrogen (secondary N) is 2. The first-order valence-electron chi connectivity index (χ1n) is 12.5. The summed E-state index contributed by atoms with van der Waals surface area (Å²) in [6.07, 6.45) is 5.82. The number of hydrogen-bond acceptors (Lipinski definition) is 9. The molecule has 0 aliphatic carbocycles. The van der Waals surface area contributed by atoms with Crippen molar-refractivity contribution < 1.29 is 18.9 Å². The normalized spacial score (nSPS) is 18.5. The summed E-state index contributed by atoms with van der Waals surface area (Å²) in [6.45, 7) is 3.73. The fourth-order valence-electron chi connectivity index (χ4n) is 4.70. The van der Waals surface area contributed by atoms with Gasteiger partial charge in [-0.05, 0) is 37.7 Å². The van der Waals surface area contributed by atoms with Crippen LogP contribution in [0.3, 0.4) is 0 Å². The zero-order valence-electron chi connectivity index (χ0n) is 21.0. The van der Waals surface area contributed by atoms with E-state index < -0.39 is 0 Å². The molecule has 0 bridgehead atoms. The number of benzene rings is 1. The molecule has 11 heteroatoms. The molecule has 2 aromatic heterocycles. The summed E-state index contributed by atoms with van der Waals surface area (Å²) in [4.78, 5) is 14.4. The van der Waals surface area contributed by atoms with Gasteiger partial charge in [-0.25, -0.2) is 15.0 Å². The fourth-order valence-corrected chi connectivity index (χ4v) is 5.39. The molecule has 1 unspecified atom stereocenters. The lowest BCUT2D eigenvalue weighted by Gasteiger charge is -2.24. The van der Waals surface area contributed by atoms with E-state index in [1.807, 2.05) is 6.07 Å². The standard InChI is InChI=1S/C26H31Cl2N5O4/c1-34-19-11-20(35-2)23(28)21(22(19)27)18-10-16-13-30-26(31-17-4-3-7-37-14-17)33-24(16)25(32-18)29-12-15-5-8-36-9-6-15/h10-11,13,15,17H,3-9,12,14H2,1-2H3,(H,29,32)(H,30,31,33). The van der Waals surface area contributed by atoms with Gasteiger partial charge in [0.15, 0.2) is 5.82 Å². The Labute approximate surface area is 226 Å². The van der Waals surface area contributed by atoms with Crippen LogP contribution < -0.4 is 20.1 Å². The summed E-state index contributed by atoms with van der Waals surface area (Å²) in [5.74, 6) is 2.56. The van der Waals surface area contributed by atoms with Crippen LogP contribution in [0.15, 0.2) is 18.3 Å². The van der Waals surface area contributed by atoms with Crippen molar-refractivity contribution in [2.75, 3.05) is 57.8 Å². The summed E-state index contributed by atoms with van der Waals surface area (Å²) in [5.41, 5.74) is 1.81. The molecule has 1 aromatic carbocycles. The second-order valence-corrected chi connectivity index (χ2v) is 10.0. The molecule has 1 atom stereocenters. The summed E-state index contributed by atoms with van der Waals surface area (Å²) >= 11 is 13.4. The highest BCUT2D eigenvalue weighted by molar-refractivity contribution is 6.41. The molecule has 2 N–H and O–H groups in total. The van der Waals surface area contributed by atoms with E-state index in [9.17, 15) is 0 Å². The van der Waals surface area contributed by atoms with Gasteiger partial charge in [-0.1, -0.05) is 23.2 Å². The molecule has 0 saturated carbocycles. The average molecular weight is 548 g/mol. The second-order valence-electron chi connectivity index (χ2n) is 9.27. The van der Waals surface area contributed by atoms with Gasteiger partial charge in [-0.15, -0.1) is 0 Å². The predicted molar refractivity (Wildman–Crippen MR) is 145 cm³/mol. The number of methoxy groups -OCH3 is 2. The van der Waals surface area contributed by atoms with Crippen molar-refractivity contribution in [3.8, 4) is 22.8 Å². The minimum absolute atomic E-state index is 0.180. The molecule has 2 aliphatic rings. The van der Waals surface area contributed by atoms with E-state index >= 15 is 0 Å². The Bertz CT molecular complexity index is 1220. The first-order chi connectivity index (χ1) is 18.1. The van der Waals surface area contributed by atoms with Crippen LogP contribution in [-0.4, -0.2) is 68.2 Å². The molecule has 0 radical (unpaired) electrons. The Kier molecular flexibility index (Phi) is 8.34. The Morgan fingerprint density at radius 1 is 0.973 bits per heavy atom. The maximum Gasteiger partial charge on any atom is 0.223 e. The monoisotopic (exact) mass is 547 g/mol. The quantitative estimate of drug-likeness (QED) is 0.381. The van der Waals surface area contributed by atoms with Crippen LogP contribution in [0, 0.1) is 5.92 Å². The maximum absolute atomic E-state index is 6.72.